The van der Waals surface area contributed by atoms with Crippen LogP contribution in [0.2, 0.25) is 0 Å². The van der Waals surface area contributed by atoms with E-state index in [0.29, 0.717) is 13.1 Å². The maximum atomic E-state index is 12.2. The molecule has 0 amide bonds. The Balaban J connectivity index is 2.20. The summed E-state index contributed by atoms with van der Waals surface area (Å²) in [4.78, 5) is 14.5. The molecule has 0 radical (unpaired) electrons. The van der Waals surface area contributed by atoms with Crippen molar-refractivity contribution in [2.75, 3.05) is 39.0 Å². The van der Waals surface area contributed by atoms with Gasteiger partial charge in [0.2, 0.25) is 0 Å². The second-order valence-electron chi connectivity index (χ2n) is 4.86. The molecule has 0 saturated carbocycles. The summed E-state index contributed by atoms with van der Waals surface area (Å²) in [6, 6.07) is 3.44. The van der Waals surface area contributed by atoms with E-state index in [1.54, 1.807) is 5.01 Å². The molecule has 1 saturated heterocycles. The molecule has 1 aliphatic rings. The third kappa shape index (κ3) is 3.67. The van der Waals surface area contributed by atoms with E-state index in [4.69, 9.17) is 5.73 Å². The molecule has 1 aromatic rings. The lowest BCUT2D eigenvalue weighted by molar-refractivity contribution is -0.384. The number of sulfonamides is 1. The van der Waals surface area contributed by atoms with Crippen molar-refractivity contribution in [3.8, 4) is 0 Å². The topological polar surface area (TPSA) is 122 Å². The van der Waals surface area contributed by atoms with Gasteiger partial charge in [-0.2, -0.15) is 0 Å². The van der Waals surface area contributed by atoms with Crippen LogP contribution in [0.4, 0.5) is 11.4 Å². The van der Waals surface area contributed by atoms with Crippen LogP contribution in [0.25, 0.3) is 0 Å². The molecule has 0 atom stereocenters. The molecule has 1 aliphatic heterocycles. The van der Waals surface area contributed by atoms with Gasteiger partial charge in [0, 0.05) is 32.2 Å². The average molecular weight is 315 g/mol. The van der Waals surface area contributed by atoms with Gasteiger partial charge in [-0.1, -0.05) is 0 Å². The fraction of sp³-hybridized carbons (Fsp3) is 0.455. The standard InChI is InChI=1S/C11H17N5O4S/c1-14-4-6-15(7-5-14)13-21(19,20)9-2-3-10(12)11(8-9)16(17)18/h2-3,8,13H,4-7,12H2,1H3. The SMILES string of the molecule is CN1CCN(NS(=O)(=O)c2ccc(N)c([N+](=O)[O-])c2)CC1. The number of nitro groups is 1. The molecule has 0 spiro atoms. The van der Waals surface area contributed by atoms with Gasteiger partial charge in [0.15, 0.2) is 0 Å². The largest absolute Gasteiger partial charge is 0.393 e. The summed E-state index contributed by atoms with van der Waals surface area (Å²) in [5.41, 5.74) is 4.97. The molecule has 3 N–H and O–H groups in total. The van der Waals surface area contributed by atoms with Crippen molar-refractivity contribution in [2.45, 2.75) is 4.90 Å². The van der Waals surface area contributed by atoms with E-state index in [9.17, 15) is 18.5 Å². The fourth-order valence-electron chi connectivity index (χ4n) is 1.97. The number of nitro benzene ring substituents is 1. The highest BCUT2D eigenvalue weighted by atomic mass is 32.2. The van der Waals surface area contributed by atoms with Crippen molar-refractivity contribution in [1.82, 2.24) is 14.7 Å². The first-order valence-corrected chi connectivity index (χ1v) is 7.78. The first kappa shape index (κ1) is 15.6. The lowest BCUT2D eigenvalue weighted by Crippen LogP contribution is -2.52. The van der Waals surface area contributed by atoms with Gasteiger partial charge in [-0.3, -0.25) is 10.1 Å². The third-order valence-corrected chi connectivity index (χ3v) is 4.63. The van der Waals surface area contributed by atoms with E-state index in [2.05, 4.69) is 9.73 Å². The number of nitrogen functional groups attached to an aromatic ring is 1. The molecular weight excluding hydrogens is 298 g/mol. The Morgan fingerprint density at radius 2 is 1.90 bits per heavy atom. The molecule has 1 heterocycles. The van der Waals surface area contributed by atoms with Gasteiger partial charge < -0.3 is 10.6 Å². The van der Waals surface area contributed by atoms with E-state index in [1.807, 2.05) is 7.05 Å². The highest BCUT2D eigenvalue weighted by molar-refractivity contribution is 7.89. The Kier molecular flexibility index (Phi) is 4.42. The van der Waals surface area contributed by atoms with Crippen molar-refractivity contribution in [2.24, 2.45) is 0 Å². The summed E-state index contributed by atoms with van der Waals surface area (Å²) < 4.78 is 24.5. The zero-order valence-corrected chi connectivity index (χ0v) is 12.3. The molecule has 0 aliphatic carbocycles. The molecule has 1 fully saturated rings. The predicted octanol–water partition coefficient (Wildman–Crippen LogP) is -0.382. The smallest absolute Gasteiger partial charge is 0.293 e. The molecule has 9 nitrogen and oxygen atoms in total. The van der Waals surface area contributed by atoms with Crippen molar-refractivity contribution in [3.63, 3.8) is 0 Å². The Hall–Kier alpha value is -1.75. The minimum Gasteiger partial charge on any atom is -0.393 e. The number of rotatable bonds is 4. The molecule has 1 aromatic carbocycles. The number of likely N-dealkylation sites (N-methyl/N-ethyl adjacent to an activating group) is 1. The van der Waals surface area contributed by atoms with Crippen molar-refractivity contribution >= 4 is 21.4 Å². The van der Waals surface area contributed by atoms with Gasteiger partial charge in [0.05, 0.1) is 9.82 Å². The molecule has 0 bridgehead atoms. The Morgan fingerprint density at radius 3 is 2.48 bits per heavy atom. The van der Waals surface area contributed by atoms with Crippen LogP contribution in [0, 0.1) is 10.1 Å². The monoisotopic (exact) mass is 315 g/mol. The van der Waals surface area contributed by atoms with Crippen LogP contribution in [0.1, 0.15) is 0 Å². The summed E-state index contributed by atoms with van der Waals surface area (Å²) in [6.45, 7) is 2.58. The summed E-state index contributed by atoms with van der Waals surface area (Å²) in [5, 5.41) is 12.4. The van der Waals surface area contributed by atoms with Crippen LogP contribution in [-0.4, -0.2) is 56.5 Å². The predicted molar refractivity (Wildman–Crippen MR) is 76.9 cm³/mol. The zero-order valence-electron chi connectivity index (χ0n) is 11.5. The van der Waals surface area contributed by atoms with E-state index >= 15 is 0 Å². The number of nitrogens with two attached hydrogens (primary N) is 1. The first-order chi connectivity index (χ1) is 9.79. The van der Waals surface area contributed by atoms with Crippen molar-refractivity contribution in [3.05, 3.63) is 28.3 Å². The molecule has 10 heteroatoms. The zero-order chi connectivity index (χ0) is 15.6. The van der Waals surface area contributed by atoms with E-state index in [-0.39, 0.29) is 10.6 Å². The molecule has 0 unspecified atom stereocenters. The molecular formula is C11H17N5O4S. The maximum Gasteiger partial charge on any atom is 0.293 e. The minimum atomic E-state index is -3.85. The number of hydrogen-bond acceptors (Lipinski definition) is 7. The Bertz CT molecular complexity index is 640. The Morgan fingerprint density at radius 1 is 1.29 bits per heavy atom. The average Bonchev–Trinajstić information content (AvgIpc) is 2.41. The lowest BCUT2D eigenvalue weighted by Gasteiger charge is -2.32. The quantitative estimate of drug-likeness (QED) is 0.441. The number of piperazine rings is 1. The second-order valence-corrected chi connectivity index (χ2v) is 6.52. The maximum absolute atomic E-state index is 12.2. The molecule has 116 valence electrons. The van der Waals surface area contributed by atoms with Crippen LogP contribution >= 0.6 is 0 Å². The van der Waals surface area contributed by atoms with Crippen molar-refractivity contribution in [1.29, 1.82) is 0 Å². The van der Waals surface area contributed by atoms with Crippen LogP contribution < -0.4 is 10.6 Å². The number of hydrazine groups is 1. The van der Waals surface area contributed by atoms with Gasteiger partial charge in [-0.25, -0.2) is 13.4 Å². The summed E-state index contributed by atoms with van der Waals surface area (Å²) >= 11 is 0. The van der Waals surface area contributed by atoms with Crippen LogP contribution in [0.3, 0.4) is 0 Å². The summed E-state index contributed by atoms with van der Waals surface area (Å²) in [7, 11) is -1.90. The lowest BCUT2D eigenvalue weighted by atomic mass is 10.3. The van der Waals surface area contributed by atoms with Crippen LogP contribution in [-0.2, 0) is 10.0 Å². The van der Waals surface area contributed by atoms with E-state index < -0.39 is 20.6 Å². The van der Waals surface area contributed by atoms with Crippen LogP contribution in [0.5, 0.6) is 0 Å². The number of hydrogen-bond donors (Lipinski definition) is 2. The number of nitrogens with zero attached hydrogens (tertiary/aromatic N) is 3. The fourth-order valence-corrected chi connectivity index (χ4v) is 3.11. The third-order valence-electron chi connectivity index (χ3n) is 3.26. The van der Waals surface area contributed by atoms with Gasteiger partial charge >= 0.3 is 0 Å². The van der Waals surface area contributed by atoms with Crippen LogP contribution in [0.15, 0.2) is 23.1 Å². The van der Waals surface area contributed by atoms with Gasteiger partial charge in [0.25, 0.3) is 15.7 Å². The summed E-state index contributed by atoms with van der Waals surface area (Å²) in [6.07, 6.45) is 0. The number of nitrogens with one attached hydrogen (secondary N) is 1. The van der Waals surface area contributed by atoms with E-state index in [1.165, 1.54) is 12.1 Å². The van der Waals surface area contributed by atoms with Gasteiger partial charge in [0.1, 0.15) is 5.69 Å². The molecule has 2 rings (SSSR count). The highest BCUT2D eigenvalue weighted by Gasteiger charge is 2.24. The molecule has 0 aromatic heterocycles. The number of anilines is 1. The second kappa shape index (κ2) is 5.93. The Labute approximate surface area is 122 Å². The normalized spacial score (nSPS) is 17.8. The molecule has 21 heavy (non-hydrogen) atoms. The first-order valence-electron chi connectivity index (χ1n) is 6.29. The van der Waals surface area contributed by atoms with Gasteiger partial charge in [-0.15, -0.1) is 4.83 Å². The van der Waals surface area contributed by atoms with Gasteiger partial charge in [-0.05, 0) is 19.2 Å². The van der Waals surface area contributed by atoms with E-state index in [0.717, 1.165) is 19.2 Å². The summed E-state index contributed by atoms with van der Waals surface area (Å²) in [5.74, 6) is 0. The number of benzene rings is 1. The highest BCUT2D eigenvalue weighted by Crippen LogP contribution is 2.24. The minimum absolute atomic E-state index is 0.0708. The van der Waals surface area contributed by atoms with Crippen molar-refractivity contribution < 1.29 is 13.3 Å².